The molecule has 0 aliphatic carbocycles. The summed E-state index contributed by atoms with van der Waals surface area (Å²) in [5, 5.41) is 4.79. The highest BCUT2D eigenvalue weighted by atomic mass is 16.3. The summed E-state index contributed by atoms with van der Waals surface area (Å²) in [6.45, 7) is 18.4. The number of benzene rings is 9. The van der Waals surface area contributed by atoms with Gasteiger partial charge in [0.2, 0.25) is 0 Å². The molecule has 2 aliphatic rings. The second-order valence-electron chi connectivity index (χ2n) is 20.4. The minimum atomic E-state index is -0.0383. The molecule has 4 heterocycles. The molecule has 2 aliphatic heterocycles. The van der Waals surface area contributed by atoms with Crippen LogP contribution in [0.25, 0.3) is 60.6 Å². The van der Waals surface area contributed by atoms with Crippen LogP contribution in [0.3, 0.4) is 0 Å². The predicted octanol–water partition coefficient (Wildman–Crippen LogP) is 15.3. The molecule has 0 amide bonds. The number of hydrogen-bond donors (Lipinski definition) is 0. The van der Waals surface area contributed by atoms with Gasteiger partial charge < -0.3 is 18.8 Å². The largest absolute Gasteiger partial charge is 0.455 e. The molecular weight excluding hydrogens is 826 g/mol. The van der Waals surface area contributed by atoms with Gasteiger partial charge in [0, 0.05) is 55.5 Å². The van der Waals surface area contributed by atoms with E-state index in [1.165, 1.54) is 106 Å². The van der Waals surface area contributed by atoms with Gasteiger partial charge in [0.15, 0.2) is 0 Å². The Morgan fingerprint density at radius 3 is 1.79 bits per heavy atom. The van der Waals surface area contributed by atoms with Crippen molar-refractivity contribution in [1.29, 1.82) is 0 Å². The summed E-state index contributed by atoms with van der Waals surface area (Å²) in [5.74, 6) is 0. The highest BCUT2D eigenvalue weighted by Gasteiger charge is 2.45. The third-order valence-corrected chi connectivity index (χ3v) is 15.0. The molecule has 4 nitrogen and oxygen atoms in total. The van der Waals surface area contributed by atoms with Gasteiger partial charge in [-0.25, -0.2) is 0 Å². The predicted molar refractivity (Wildman–Crippen MR) is 290 cm³/mol. The molecule has 0 radical (unpaired) electrons. The van der Waals surface area contributed by atoms with Crippen molar-refractivity contribution < 1.29 is 4.42 Å². The van der Waals surface area contributed by atoms with Crippen molar-refractivity contribution in [2.24, 2.45) is 0 Å². The Kier molecular flexibility index (Phi) is 8.71. The van der Waals surface area contributed by atoms with Crippen LogP contribution in [0.4, 0.5) is 34.1 Å². The topological polar surface area (TPSA) is 24.6 Å². The first-order chi connectivity index (χ1) is 32.9. The summed E-state index contributed by atoms with van der Waals surface area (Å²) in [5.41, 5.74) is 26.4. The zero-order valence-corrected chi connectivity index (χ0v) is 40.0. The molecule has 5 heteroatoms. The third kappa shape index (κ3) is 5.81. The highest BCUT2D eigenvalue weighted by molar-refractivity contribution is 7.00. The first kappa shape index (κ1) is 40.5. The van der Waals surface area contributed by atoms with E-state index in [9.17, 15) is 0 Å². The third-order valence-electron chi connectivity index (χ3n) is 15.0. The van der Waals surface area contributed by atoms with Crippen molar-refractivity contribution in [3.05, 3.63) is 203 Å². The number of para-hydroxylation sites is 5. The van der Waals surface area contributed by atoms with E-state index < -0.39 is 0 Å². The minimum Gasteiger partial charge on any atom is -0.455 e. The molecule has 0 saturated carbocycles. The van der Waals surface area contributed by atoms with E-state index >= 15 is 0 Å². The number of hydrogen-bond acceptors (Lipinski definition) is 3. The molecule has 68 heavy (non-hydrogen) atoms. The Balaban J connectivity index is 1.14. The lowest BCUT2D eigenvalue weighted by molar-refractivity contribution is 0.590. The maximum Gasteiger partial charge on any atom is 0.252 e. The van der Waals surface area contributed by atoms with Crippen LogP contribution in [0.2, 0.25) is 0 Å². The first-order valence-corrected chi connectivity index (χ1v) is 24.0. The number of aryl methyl sites for hydroxylation is 5. The fourth-order valence-electron chi connectivity index (χ4n) is 12.0. The lowest BCUT2D eigenvalue weighted by atomic mass is 9.33. The van der Waals surface area contributed by atoms with Gasteiger partial charge in [0.05, 0.1) is 22.4 Å². The Labute approximate surface area is 398 Å². The number of anilines is 6. The van der Waals surface area contributed by atoms with E-state index in [4.69, 9.17) is 4.42 Å². The van der Waals surface area contributed by atoms with Gasteiger partial charge >= 0.3 is 0 Å². The van der Waals surface area contributed by atoms with E-state index in [-0.39, 0.29) is 12.1 Å². The van der Waals surface area contributed by atoms with E-state index in [1.807, 2.05) is 0 Å². The molecule has 328 valence electrons. The number of nitrogens with zero attached hydrogens (tertiary/aromatic N) is 3. The fraction of sp³-hybridized carbons (Fsp3) is 0.143. The van der Waals surface area contributed by atoms with E-state index in [1.54, 1.807) is 0 Å². The number of rotatable bonds is 4. The van der Waals surface area contributed by atoms with Crippen LogP contribution in [0.5, 0.6) is 0 Å². The van der Waals surface area contributed by atoms with Crippen molar-refractivity contribution in [3.8, 4) is 16.8 Å². The van der Waals surface area contributed by atoms with Crippen LogP contribution in [-0.4, -0.2) is 11.3 Å². The lowest BCUT2D eigenvalue weighted by Crippen LogP contribution is -2.61. The van der Waals surface area contributed by atoms with Gasteiger partial charge in [0.1, 0.15) is 11.2 Å². The Morgan fingerprint density at radius 2 is 1.07 bits per heavy atom. The van der Waals surface area contributed by atoms with E-state index in [0.717, 1.165) is 38.8 Å². The molecule has 0 saturated heterocycles. The minimum absolute atomic E-state index is 0.0229. The van der Waals surface area contributed by atoms with Gasteiger partial charge in [-0.15, -0.1) is 0 Å². The van der Waals surface area contributed by atoms with Crippen LogP contribution in [0, 0.1) is 34.6 Å². The van der Waals surface area contributed by atoms with Gasteiger partial charge in [-0.1, -0.05) is 130 Å². The van der Waals surface area contributed by atoms with Gasteiger partial charge in [0.25, 0.3) is 6.71 Å². The van der Waals surface area contributed by atoms with Crippen molar-refractivity contribution in [2.75, 3.05) is 9.80 Å². The molecule has 0 N–H and O–H groups in total. The second kappa shape index (κ2) is 14.6. The molecule has 9 aromatic carbocycles. The Hall–Kier alpha value is -7.76. The number of aromatic nitrogens is 1. The van der Waals surface area contributed by atoms with Gasteiger partial charge in [-0.05, 0) is 156 Å². The van der Waals surface area contributed by atoms with Crippen LogP contribution >= 0.6 is 0 Å². The smallest absolute Gasteiger partial charge is 0.252 e. The normalized spacial score (nSPS) is 13.2. The highest BCUT2D eigenvalue weighted by Crippen LogP contribution is 2.50. The van der Waals surface area contributed by atoms with Gasteiger partial charge in [-0.2, -0.15) is 0 Å². The van der Waals surface area contributed by atoms with Crippen LogP contribution < -0.4 is 26.2 Å². The Bertz CT molecular complexity index is 3880. The van der Waals surface area contributed by atoms with Crippen molar-refractivity contribution in [2.45, 2.75) is 60.8 Å². The summed E-state index contributed by atoms with van der Waals surface area (Å²) in [6, 6.07) is 63.5. The summed E-state index contributed by atoms with van der Waals surface area (Å²) in [6.07, 6.45) is 0. The molecular formula is C63H52BN3O. The van der Waals surface area contributed by atoms with Crippen molar-refractivity contribution in [3.63, 3.8) is 0 Å². The van der Waals surface area contributed by atoms with Crippen molar-refractivity contribution >= 4 is 101 Å². The number of fused-ring (bicyclic) bond motifs is 10. The lowest BCUT2D eigenvalue weighted by Gasteiger charge is -2.46. The SMILES string of the molecule is Cc1cc2c3c(c1)N(c1c(C)cc(-c4cccc5c4oc4ccccc45)cc1C)c1cc4c(cc1B3c1ccc(C(C)(C)C)cc1N2c1c(C)cccc1C)c1ccccc1n4-c1ccccc1. The second-order valence-corrected chi connectivity index (χ2v) is 20.4. The fourth-order valence-corrected chi connectivity index (χ4v) is 12.0. The maximum atomic E-state index is 6.63. The summed E-state index contributed by atoms with van der Waals surface area (Å²) in [4.78, 5) is 5.23. The molecule has 0 spiro atoms. The summed E-state index contributed by atoms with van der Waals surface area (Å²) < 4.78 is 9.09. The molecule has 13 rings (SSSR count). The van der Waals surface area contributed by atoms with Crippen LogP contribution in [0.1, 0.15) is 54.2 Å². The average Bonchev–Trinajstić information content (AvgIpc) is 3.87. The molecule has 0 bridgehead atoms. The molecule has 2 aromatic heterocycles. The molecule has 0 fully saturated rings. The maximum absolute atomic E-state index is 6.63. The van der Waals surface area contributed by atoms with Crippen LogP contribution in [0.15, 0.2) is 174 Å². The zero-order valence-electron chi connectivity index (χ0n) is 40.0. The molecule has 11 aromatic rings. The molecule has 0 unspecified atom stereocenters. The first-order valence-electron chi connectivity index (χ1n) is 24.0. The summed E-state index contributed by atoms with van der Waals surface area (Å²) >= 11 is 0. The van der Waals surface area contributed by atoms with Crippen molar-refractivity contribution in [1.82, 2.24) is 4.57 Å². The Morgan fingerprint density at radius 1 is 0.456 bits per heavy atom. The van der Waals surface area contributed by atoms with Crippen LogP contribution in [-0.2, 0) is 5.41 Å². The average molecular weight is 878 g/mol. The summed E-state index contributed by atoms with van der Waals surface area (Å²) in [7, 11) is 0. The zero-order chi connectivity index (χ0) is 46.3. The monoisotopic (exact) mass is 877 g/mol. The van der Waals surface area contributed by atoms with E-state index in [2.05, 4.69) is 240 Å². The van der Waals surface area contributed by atoms with Gasteiger partial charge in [-0.3, -0.25) is 0 Å². The standard InChI is InChI=1S/C63H52BN3O/c1-37-30-56-59-57(31-37)67(61-40(4)32-42(33-41(61)5)45-24-17-25-48-47-23-13-15-27-58(47)68-62(45)48)55-36-53-49(46-22-12-14-26-52(46)65(53)44-20-10-9-11-21-44)35-51(55)64(59)50-29-28-43(63(6,7)8)34-54(50)66(56)60-38(2)18-16-19-39(60)3/h9-36H,1-8H3. The van der Waals surface area contributed by atoms with E-state index in [0.29, 0.717) is 0 Å². The number of furan rings is 1. The quantitative estimate of drug-likeness (QED) is 0.165. The molecule has 0 atom stereocenters.